The molecule has 0 aromatic carbocycles. The molecule has 0 aliphatic rings. The molecule has 0 heterocycles. The van der Waals surface area contributed by atoms with Gasteiger partial charge in [-0.05, 0) is 11.0 Å². The summed E-state index contributed by atoms with van der Waals surface area (Å²) in [5.41, 5.74) is 0. The maximum absolute atomic E-state index is 8.88. The van der Waals surface area contributed by atoms with Crippen LogP contribution in [0.1, 0.15) is 2.85 Å². The summed E-state index contributed by atoms with van der Waals surface area (Å²) in [5.74, 6) is 0. The van der Waals surface area contributed by atoms with Crippen LogP contribution in [-0.2, 0) is 4.57 Å². The molecule has 0 aliphatic heterocycles. The summed E-state index contributed by atoms with van der Waals surface area (Å²) in [6.07, 6.45) is 0. The molecule has 0 saturated heterocycles. The van der Waals surface area contributed by atoms with E-state index in [2.05, 4.69) is 0 Å². The zero-order valence-electron chi connectivity index (χ0n) is 4.90. The molecule has 44 valence electrons. The minimum Gasteiger partial charge on any atom is -1.00 e. The summed E-state index contributed by atoms with van der Waals surface area (Å²) in [7, 11) is -4.64. The van der Waals surface area contributed by atoms with Crippen LogP contribution >= 0.6 is 7.82 Å². The Morgan fingerprint density at radius 2 is 1.29 bits per heavy atom. The number of hydrogen-bond acceptors (Lipinski definition) is 1. The summed E-state index contributed by atoms with van der Waals surface area (Å²) in [4.78, 5) is 21.6. The van der Waals surface area contributed by atoms with Crippen LogP contribution in [0.15, 0.2) is 0 Å². The van der Waals surface area contributed by atoms with Crippen LogP contribution in [0.25, 0.3) is 0 Å². The van der Waals surface area contributed by atoms with Crippen molar-refractivity contribution in [2.45, 2.75) is 0 Å². The van der Waals surface area contributed by atoms with Crippen molar-refractivity contribution in [3.63, 3.8) is 0 Å². The molecule has 0 aliphatic carbocycles. The smallest absolute Gasteiger partial charge is 1.00 e. The van der Waals surface area contributed by atoms with Crippen LogP contribution in [-0.4, -0.2) is 48.7 Å². The van der Waals surface area contributed by atoms with Gasteiger partial charge in [-0.1, -0.05) is 0 Å². The summed E-state index contributed by atoms with van der Waals surface area (Å²) >= 11 is 0. The molecule has 0 rings (SSSR count). The van der Waals surface area contributed by atoms with Gasteiger partial charge < -0.3 is 17.5 Å². The van der Waals surface area contributed by atoms with E-state index in [0.717, 1.165) is 0 Å². The molecule has 0 radical (unpaired) electrons. The van der Waals surface area contributed by atoms with Crippen molar-refractivity contribution in [2.24, 2.45) is 0 Å². The molecule has 7 heavy (non-hydrogen) atoms. The number of phosphoric acid groups is 1. The second kappa shape index (κ2) is 5.23. The molecule has 0 saturated carbocycles. The van der Waals surface area contributed by atoms with Gasteiger partial charge in [-0.15, -0.1) is 0 Å². The van der Waals surface area contributed by atoms with Gasteiger partial charge in [0.2, 0.25) is 0 Å². The van der Waals surface area contributed by atoms with Gasteiger partial charge in [0.1, 0.15) is 0 Å². The first-order valence-corrected chi connectivity index (χ1v) is 2.35. The molecule has 0 aromatic rings. The Morgan fingerprint density at radius 1 is 1.29 bits per heavy atom. The maximum Gasteiger partial charge on any atom is 2.00 e. The molecule has 0 unspecified atom stereocenters. The Morgan fingerprint density at radius 3 is 1.29 bits per heavy atom. The van der Waals surface area contributed by atoms with Crippen LogP contribution in [0.5, 0.6) is 0 Å². The molecule has 0 bridgehead atoms. The van der Waals surface area contributed by atoms with Crippen molar-refractivity contribution in [2.75, 3.05) is 0 Å². The van der Waals surface area contributed by atoms with Gasteiger partial charge in [0.25, 0.3) is 0 Å². The first-order valence-electron chi connectivity index (χ1n) is 0.783. The third-order valence-corrected chi connectivity index (χ3v) is 0. The largest absolute Gasteiger partial charge is 2.00 e. The van der Waals surface area contributed by atoms with Crippen molar-refractivity contribution in [3.8, 4) is 0 Å². The van der Waals surface area contributed by atoms with E-state index in [1.165, 1.54) is 0 Å². The molecule has 0 amide bonds. The molecule has 0 spiro atoms. The van der Waals surface area contributed by atoms with Crippen molar-refractivity contribution >= 4 is 41.8 Å². The van der Waals surface area contributed by atoms with E-state index in [1.54, 1.807) is 0 Å². The molecule has 0 aromatic heterocycles. The number of rotatable bonds is 0. The fourth-order valence-electron chi connectivity index (χ4n) is 0. The monoisotopic (exact) mass is 156 g/mol. The van der Waals surface area contributed by atoms with Crippen molar-refractivity contribution in [1.29, 1.82) is 0 Å². The van der Waals surface area contributed by atoms with Crippen LogP contribution in [0.3, 0.4) is 0 Å². The van der Waals surface area contributed by atoms with Gasteiger partial charge in [-0.3, -0.25) is 0 Å². The van der Waals surface area contributed by atoms with Crippen molar-refractivity contribution < 1.29 is 22.1 Å². The van der Waals surface area contributed by atoms with E-state index >= 15 is 0 Å². The third-order valence-electron chi connectivity index (χ3n) is 0. The van der Waals surface area contributed by atoms with Gasteiger partial charge in [-0.25, -0.2) is 4.57 Å². The average molecular weight is 156 g/mol. The minimum atomic E-state index is -4.64. The average Bonchev–Trinajstić information content (AvgIpc) is 0.722. The minimum absolute atomic E-state index is 0. The van der Waals surface area contributed by atoms with E-state index < -0.39 is 7.82 Å². The standard InChI is InChI=1S/Mg.H3O4P.H4Si.2H/c;1-5(2,3)4;;;/h;(H3,1,2,3,4);1H4;;/q+2;;;2*-1. The quantitative estimate of drug-likeness (QED) is 0.267. The Bertz CT molecular complexity index is 64.7. The molecule has 4 nitrogen and oxygen atoms in total. The van der Waals surface area contributed by atoms with Crippen LogP contribution in [0.4, 0.5) is 0 Å². The van der Waals surface area contributed by atoms with Gasteiger partial charge in [0, 0.05) is 0 Å². The Kier molecular flexibility index (Phi) is 11.7. The normalized spacial score (nSPS) is 8.43. The predicted molar refractivity (Wildman–Crippen MR) is 33.6 cm³/mol. The Labute approximate surface area is 64.3 Å². The summed E-state index contributed by atoms with van der Waals surface area (Å²) in [5, 5.41) is 0. The van der Waals surface area contributed by atoms with Crippen molar-refractivity contribution in [1.82, 2.24) is 0 Å². The third kappa shape index (κ3) is 154. The first kappa shape index (κ1) is 15.7. The van der Waals surface area contributed by atoms with Gasteiger partial charge in [0.05, 0.1) is 0 Å². The second-order valence-corrected chi connectivity index (χ2v) is 1.54. The van der Waals surface area contributed by atoms with E-state index in [0.29, 0.717) is 0 Å². The molecular weight excluding hydrogens is 147 g/mol. The topological polar surface area (TPSA) is 77.8 Å². The van der Waals surface area contributed by atoms with Gasteiger partial charge in [-0.2, -0.15) is 0 Å². The fraction of sp³-hybridized carbons (Fsp3) is 0. The fourth-order valence-corrected chi connectivity index (χ4v) is 0. The second-order valence-electron chi connectivity index (χ2n) is 0.513. The van der Waals surface area contributed by atoms with Crippen molar-refractivity contribution in [3.05, 3.63) is 0 Å². The van der Waals surface area contributed by atoms with E-state index in [4.69, 9.17) is 19.2 Å². The maximum atomic E-state index is 8.88. The zero-order valence-corrected chi connectivity index (χ0v) is 5.21. The Balaban J connectivity index is -0.0000000133. The summed E-state index contributed by atoms with van der Waals surface area (Å²) < 4.78 is 8.88. The van der Waals surface area contributed by atoms with Gasteiger partial charge in [0.15, 0.2) is 0 Å². The molecule has 3 N–H and O–H groups in total. The number of hydrogen-bond donors (Lipinski definition) is 3. The summed E-state index contributed by atoms with van der Waals surface area (Å²) in [6, 6.07) is 0. The molecule has 7 heteroatoms. The van der Waals surface area contributed by atoms with Crippen LogP contribution in [0.2, 0.25) is 0 Å². The van der Waals surface area contributed by atoms with E-state index in [-0.39, 0.29) is 36.9 Å². The first-order chi connectivity index (χ1) is 2.00. The van der Waals surface area contributed by atoms with Crippen LogP contribution in [0, 0.1) is 0 Å². The molecule has 0 atom stereocenters. The SMILES string of the molecule is O=P(O)(O)O.[H-].[H-].[Mg+2].[SiH4]. The van der Waals surface area contributed by atoms with E-state index in [9.17, 15) is 0 Å². The molecular formula is H9MgO4PSi. The van der Waals surface area contributed by atoms with Crippen LogP contribution < -0.4 is 0 Å². The Hall–Kier alpha value is 1.09. The van der Waals surface area contributed by atoms with Gasteiger partial charge >= 0.3 is 30.9 Å². The van der Waals surface area contributed by atoms with E-state index in [1.807, 2.05) is 0 Å². The summed E-state index contributed by atoms with van der Waals surface area (Å²) in [6.45, 7) is 0. The zero-order chi connectivity index (χ0) is 4.50. The predicted octanol–water partition coefficient (Wildman–Crippen LogP) is -2.54. The molecule has 0 fully saturated rings.